The molecule has 0 amide bonds. The van der Waals surface area contributed by atoms with Crippen molar-refractivity contribution in [2.24, 2.45) is 0 Å². The van der Waals surface area contributed by atoms with E-state index in [0.717, 1.165) is 31.0 Å². The molecule has 2 rings (SSSR count). The highest BCUT2D eigenvalue weighted by Gasteiger charge is 2.23. The molecule has 4 heteroatoms. The van der Waals surface area contributed by atoms with E-state index in [9.17, 15) is 0 Å². The van der Waals surface area contributed by atoms with E-state index in [1.54, 1.807) is 0 Å². The Labute approximate surface area is 113 Å². The van der Waals surface area contributed by atoms with Crippen LogP contribution in [0.3, 0.4) is 0 Å². The van der Waals surface area contributed by atoms with E-state index in [0.29, 0.717) is 16.0 Å². The second kappa shape index (κ2) is 5.11. The first-order chi connectivity index (χ1) is 8.52. The minimum absolute atomic E-state index is 0.348. The van der Waals surface area contributed by atoms with Gasteiger partial charge in [0.1, 0.15) is 6.07 Å². The maximum Gasteiger partial charge on any atom is 0.101 e. The van der Waals surface area contributed by atoms with Gasteiger partial charge in [-0.25, -0.2) is 0 Å². The van der Waals surface area contributed by atoms with Crippen LogP contribution in [-0.4, -0.2) is 23.6 Å². The second-order valence-electron chi connectivity index (χ2n) is 5.23. The molecule has 0 atom stereocenters. The van der Waals surface area contributed by atoms with Gasteiger partial charge in [0.15, 0.2) is 0 Å². The number of rotatable bonds is 1. The third-order valence-corrected chi connectivity index (χ3v) is 4.73. The molecule has 0 radical (unpaired) electrons. The fourth-order valence-corrected chi connectivity index (χ4v) is 3.22. The van der Waals surface area contributed by atoms with Gasteiger partial charge in [-0.2, -0.15) is 17.0 Å². The average Bonchev–Trinajstić information content (AvgIpc) is 2.51. The van der Waals surface area contributed by atoms with E-state index < -0.39 is 0 Å². The Kier molecular flexibility index (Phi) is 3.72. The van der Waals surface area contributed by atoms with Gasteiger partial charge in [0, 0.05) is 35.0 Å². The van der Waals surface area contributed by atoms with E-state index in [1.807, 2.05) is 30.0 Å². The Morgan fingerprint density at radius 3 is 2.89 bits per heavy atom. The molecular weight excluding hydrogens is 242 g/mol. The number of hydrogen-bond acceptors (Lipinski definition) is 4. The average molecular weight is 261 g/mol. The predicted molar refractivity (Wildman–Crippen MR) is 78.9 cm³/mol. The highest BCUT2D eigenvalue weighted by atomic mass is 32.2. The third-order valence-electron chi connectivity index (χ3n) is 3.36. The van der Waals surface area contributed by atoms with Gasteiger partial charge in [0.05, 0.1) is 5.56 Å². The van der Waals surface area contributed by atoms with Gasteiger partial charge in [0.25, 0.3) is 0 Å². The standard InChI is InChI=1S/C14H19N3S/c1-14(2)5-6-17(7-8-18-14)12-3-4-13(16)11(9-12)10-15/h3-4,9H,5-8,16H2,1-2H3. The molecule has 1 fully saturated rings. The van der Waals surface area contributed by atoms with Crippen molar-refractivity contribution in [2.45, 2.75) is 25.0 Å². The van der Waals surface area contributed by atoms with Gasteiger partial charge in [-0.1, -0.05) is 13.8 Å². The van der Waals surface area contributed by atoms with Gasteiger partial charge in [0.2, 0.25) is 0 Å². The van der Waals surface area contributed by atoms with Gasteiger partial charge >= 0.3 is 0 Å². The Morgan fingerprint density at radius 1 is 1.39 bits per heavy atom. The van der Waals surface area contributed by atoms with E-state index >= 15 is 0 Å². The van der Waals surface area contributed by atoms with Crippen LogP contribution in [0.4, 0.5) is 11.4 Å². The number of benzene rings is 1. The van der Waals surface area contributed by atoms with Crippen molar-refractivity contribution in [3.8, 4) is 6.07 Å². The first kappa shape index (κ1) is 13.1. The van der Waals surface area contributed by atoms with Crippen molar-refractivity contribution < 1.29 is 0 Å². The zero-order valence-corrected chi connectivity index (χ0v) is 11.8. The Balaban J connectivity index is 2.19. The topological polar surface area (TPSA) is 53.0 Å². The fourth-order valence-electron chi connectivity index (χ4n) is 2.12. The lowest BCUT2D eigenvalue weighted by molar-refractivity contribution is 0.638. The molecule has 3 nitrogen and oxygen atoms in total. The maximum absolute atomic E-state index is 9.03. The van der Waals surface area contributed by atoms with E-state index in [4.69, 9.17) is 11.0 Å². The molecule has 2 N–H and O–H groups in total. The molecule has 0 saturated carbocycles. The highest BCUT2D eigenvalue weighted by Crippen LogP contribution is 2.32. The molecule has 0 aliphatic carbocycles. The lowest BCUT2D eigenvalue weighted by Crippen LogP contribution is -2.26. The van der Waals surface area contributed by atoms with Crippen molar-refractivity contribution in [3.05, 3.63) is 23.8 Å². The zero-order chi connectivity index (χ0) is 13.2. The van der Waals surface area contributed by atoms with Crippen LogP contribution in [0.25, 0.3) is 0 Å². The van der Waals surface area contributed by atoms with Crippen LogP contribution in [0.15, 0.2) is 18.2 Å². The Bertz CT molecular complexity index is 476. The summed E-state index contributed by atoms with van der Waals surface area (Å²) in [6.07, 6.45) is 1.16. The molecule has 1 aliphatic rings. The molecule has 0 unspecified atom stereocenters. The van der Waals surface area contributed by atoms with Gasteiger partial charge in [-0.05, 0) is 24.6 Å². The minimum Gasteiger partial charge on any atom is -0.398 e. The quantitative estimate of drug-likeness (QED) is 0.790. The van der Waals surface area contributed by atoms with Crippen molar-refractivity contribution in [2.75, 3.05) is 29.5 Å². The fraction of sp³-hybridized carbons (Fsp3) is 0.500. The van der Waals surface area contributed by atoms with Crippen molar-refractivity contribution in [1.82, 2.24) is 0 Å². The summed E-state index contributed by atoms with van der Waals surface area (Å²) in [6.45, 7) is 6.66. The molecule has 1 aromatic rings. The second-order valence-corrected chi connectivity index (χ2v) is 7.03. The number of nitriles is 1. The summed E-state index contributed by atoms with van der Waals surface area (Å²) in [7, 11) is 0. The molecule has 1 aromatic carbocycles. The third kappa shape index (κ3) is 2.91. The summed E-state index contributed by atoms with van der Waals surface area (Å²) in [5, 5.41) is 9.03. The van der Waals surface area contributed by atoms with Crippen LogP contribution in [0.1, 0.15) is 25.8 Å². The van der Waals surface area contributed by atoms with E-state index in [-0.39, 0.29) is 0 Å². The molecule has 0 bridgehead atoms. The summed E-state index contributed by atoms with van der Waals surface area (Å²) < 4.78 is 0.348. The monoisotopic (exact) mass is 261 g/mol. The van der Waals surface area contributed by atoms with Crippen LogP contribution >= 0.6 is 11.8 Å². The lowest BCUT2D eigenvalue weighted by atomic mass is 10.1. The van der Waals surface area contributed by atoms with E-state index in [2.05, 4.69) is 24.8 Å². The Hall–Kier alpha value is -1.34. The number of thioether (sulfide) groups is 1. The van der Waals surface area contributed by atoms with Crippen LogP contribution in [-0.2, 0) is 0 Å². The zero-order valence-electron chi connectivity index (χ0n) is 10.9. The number of nitrogen functional groups attached to an aromatic ring is 1. The van der Waals surface area contributed by atoms with Crippen LogP contribution in [0.2, 0.25) is 0 Å². The first-order valence-corrected chi connectivity index (χ1v) is 7.19. The first-order valence-electron chi connectivity index (χ1n) is 6.20. The predicted octanol–water partition coefficient (Wildman–Crippen LogP) is 2.86. The Morgan fingerprint density at radius 2 is 2.17 bits per heavy atom. The largest absolute Gasteiger partial charge is 0.398 e. The van der Waals surface area contributed by atoms with Crippen molar-refractivity contribution in [3.63, 3.8) is 0 Å². The minimum atomic E-state index is 0.348. The molecule has 0 spiro atoms. The van der Waals surface area contributed by atoms with Gasteiger partial charge in [-0.3, -0.25) is 0 Å². The molecular formula is C14H19N3S. The summed E-state index contributed by atoms with van der Waals surface area (Å²) >= 11 is 2.02. The smallest absolute Gasteiger partial charge is 0.101 e. The number of hydrogen-bond donors (Lipinski definition) is 1. The van der Waals surface area contributed by atoms with Gasteiger partial charge in [-0.15, -0.1) is 0 Å². The summed E-state index contributed by atoms with van der Waals surface area (Å²) in [5.74, 6) is 1.12. The van der Waals surface area contributed by atoms with Crippen molar-refractivity contribution >= 4 is 23.1 Å². The molecule has 1 heterocycles. The maximum atomic E-state index is 9.03. The van der Waals surface area contributed by atoms with E-state index in [1.165, 1.54) is 0 Å². The summed E-state index contributed by atoms with van der Waals surface area (Å²) in [5.41, 5.74) is 8.00. The van der Waals surface area contributed by atoms with Crippen LogP contribution < -0.4 is 10.6 Å². The highest BCUT2D eigenvalue weighted by molar-refractivity contribution is 8.00. The molecule has 0 aromatic heterocycles. The number of anilines is 2. The lowest BCUT2D eigenvalue weighted by Gasteiger charge is -2.24. The molecule has 1 aliphatic heterocycles. The number of nitrogens with two attached hydrogens (primary N) is 1. The van der Waals surface area contributed by atoms with Gasteiger partial charge < -0.3 is 10.6 Å². The van der Waals surface area contributed by atoms with Crippen LogP contribution in [0, 0.1) is 11.3 Å². The molecule has 1 saturated heterocycles. The SMILES string of the molecule is CC1(C)CCN(c2ccc(N)c(C#N)c2)CCS1. The normalized spacial score (nSPS) is 19.1. The van der Waals surface area contributed by atoms with Crippen molar-refractivity contribution in [1.29, 1.82) is 5.26 Å². The summed E-state index contributed by atoms with van der Waals surface area (Å²) in [6, 6.07) is 7.89. The summed E-state index contributed by atoms with van der Waals surface area (Å²) in [4.78, 5) is 2.35. The molecule has 18 heavy (non-hydrogen) atoms. The number of nitrogens with zero attached hydrogens (tertiary/aromatic N) is 2. The van der Waals surface area contributed by atoms with Crippen LogP contribution in [0.5, 0.6) is 0 Å². The molecule has 96 valence electrons.